The second-order valence-corrected chi connectivity index (χ2v) is 7.26. The maximum absolute atomic E-state index is 6.27. The first-order chi connectivity index (χ1) is 12.6. The van der Waals surface area contributed by atoms with Crippen LogP contribution in [-0.4, -0.2) is 37.7 Å². The zero-order valence-electron chi connectivity index (χ0n) is 15.0. The number of piperidine rings is 1. The molecule has 0 atom stereocenters. The fourth-order valence-electron chi connectivity index (χ4n) is 3.55. The lowest BCUT2D eigenvalue weighted by Gasteiger charge is -2.30. The summed E-state index contributed by atoms with van der Waals surface area (Å²) in [5.74, 6) is 3.02. The highest BCUT2D eigenvalue weighted by Gasteiger charge is 2.25. The van der Waals surface area contributed by atoms with Gasteiger partial charge in [-0.2, -0.15) is 0 Å². The van der Waals surface area contributed by atoms with Crippen LogP contribution in [0.3, 0.4) is 0 Å². The standard InChI is InChI=1S/C19H22ClN5O/c1-13-17(22-19(26-13)15-5-3-4-6-16(15)20)11-25-9-7-14(8-10-25)18-23-21-12-24(18)2/h3-6,12,14H,7-11H2,1-2H3. The number of oxazole rings is 1. The average Bonchev–Trinajstić information content (AvgIpc) is 3.22. The predicted molar refractivity (Wildman–Crippen MR) is 99.9 cm³/mol. The van der Waals surface area contributed by atoms with Gasteiger partial charge >= 0.3 is 0 Å². The summed E-state index contributed by atoms with van der Waals surface area (Å²) < 4.78 is 7.90. The Morgan fingerprint density at radius 1 is 1.23 bits per heavy atom. The molecule has 7 heteroatoms. The highest BCUT2D eigenvalue weighted by Crippen LogP contribution is 2.30. The third-order valence-electron chi connectivity index (χ3n) is 5.07. The Morgan fingerprint density at radius 2 is 2.00 bits per heavy atom. The van der Waals surface area contributed by atoms with E-state index < -0.39 is 0 Å². The molecule has 1 aliphatic rings. The average molecular weight is 372 g/mol. The van der Waals surface area contributed by atoms with Crippen LogP contribution in [0.2, 0.25) is 5.02 Å². The van der Waals surface area contributed by atoms with Gasteiger partial charge in [-0.3, -0.25) is 4.90 Å². The van der Waals surface area contributed by atoms with E-state index in [1.165, 1.54) is 0 Å². The molecule has 2 aromatic heterocycles. The summed E-state index contributed by atoms with van der Waals surface area (Å²) in [5.41, 5.74) is 1.82. The van der Waals surface area contributed by atoms with E-state index in [0.717, 1.165) is 55.3 Å². The summed E-state index contributed by atoms with van der Waals surface area (Å²) in [6.07, 6.45) is 3.94. The van der Waals surface area contributed by atoms with Crippen molar-refractivity contribution in [2.45, 2.75) is 32.2 Å². The zero-order chi connectivity index (χ0) is 18.1. The number of rotatable bonds is 4. The first kappa shape index (κ1) is 17.2. The summed E-state index contributed by atoms with van der Waals surface area (Å²) in [5, 5.41) is 8.92. The molecule has 0 bridgehead atoms. The lowest BCUT2D eigenvalue weighted by molar-refractivity contribution is 0.198. The third-order valence-corrected chi connectivity index (χ3v) is 5.40. The first-order valence-corrected chi connectivity index (χ1v) is 9.27. The quantitative estimate of drug-likeness (QED) is 0.697. The van der Waals surface area contributed by atoms with Crippen LogP contribution in [0.1, 0.15) is 36.0 Å². The molecule has 26 heavy (non-hydrogen) atoms. The molecule has 1 aromatic carbocycles. The Morgan fingerprint density at radius 3 is 2.69 bits per heavy atom. The van der Waals surface area contributed by atoms with E-state index >= 15 is 0 Å². The number of nitrogens with zero attached hydrogens (tertiary/aromatic N) is 5. The third kappa shape index (κ3) is 3.39. The van der Waals surface area contributed by atoms with Crippen molar-refractivity contribution in [3.05, 3.63) is 52.9 Å². The van der Waals surface area contributed by atoms with Crippen LogP contribution >= 0.6 is 11.6 Å². The van der Waals surface area contributed by atoms with Crippen molar-refractivity contribution < 1.29 is 4.42 Å². The Hall–Kier alpha value is -2.18. The maximum atomic E-state index is 6.27. The minimum Gasteiger partial charge on any atom is -0.441 e. The molecule has 0 unspecified atom stereocenters. The van der Waals surface area contributed by atoms with Crippen LogP contribution < -0.4 is 0 Å². The SMILES string of the molecule is Cc1oc(-c2ccccc2Cl)nc1CN1CCC(c2nncn2C)CC1. The van der Waals surface area contributed by atoms with Crippen LogP contribution in [0.15, 0.2) is 35.0 Å². The van der Waals surface area contributed by atoms with Gasteiger partial charge in [0.05, 0.1) is 16.3 Å². The van der Waals surface area contributed by atoms with Gasteiger partial charge in [-0.15, -0.1) is 10.2 Å². The highest BCUT2D eigenvalue weighted by atomic mass is 35.5. The Balaban J connectivity index is 1.43. The van der Waals surface area contributed by atoms with Crippen LogP contribution in [0.5, 0.6) is 0 Å². The van der Waals surface area contributed by atoms with E-state index in [1.54, 1.807) is 6.33 Å². The molecule has 0 saturated carbocycles. The number of likely N-dealkylation sites (tertiary alicyclic amines) is 1. The summed E-state index contributed by atoms with van der Waals surface area (Å²) in [7, 11) is 2.01. The van der Waals surface area contributed by atoms with Gasteiger partial charge in [-0.25, -0.2) is 4.98 Å². The van der Waals surface area contributed by atoms with Gasteiger partial charge in [0.1, 0.15) is 17.9 Å². The molecule has 136 valence electrons. The fourth-order valence-corrected chi connectivity index (χ4v) is 3.76. The molecule has 1 saturated heterocycles. The molecule has 1 aliphatic heterocycles. The Labute approximate surface area is 157 Å². The van der Waals surface area contributed by atoms with Crippen LogP contribution in [-0.2, 0) is 13.6 Å². The number of hydrogen-bond donors (Lipinski definition) is 0. The lowest BCUT2D eigenvalue weighted by Crippen LogP contribution is -2.33. The molecular weight excluding hydrogens is 350 g/mol. The van der Waals surface area contributed by atoms with Gasteiger partial charge in [0, 0.05) is 19.5 Å². The Kier molecular flexibility index (Phi) is 4.78. The maximum Gasteiger partial charge on any atom is 0.228 e. The van der Waals surface area contributed by atoms with Gasteiger partial charge in [0.15, 0.2) is 0 Å². The number of hydrogen-bond acceptors (Lipinski definition) is 5. The normalized spacial score (nSPS) is 16.3. The van der Waals surface area contributed by atoms with E-state index in [9.17, 15) is 0 Å². The molecule has 0 radical (unpaired) electrons. The minimum atomic E-state index is 0.482. The largest absolute Gasteiger partial charge is 0.441 e. The summed E-state index contributed by atoms with van der Waals surface area (Å²) in [6, 6.07) is 7.64. The van der Waals surface area contributed by atoms with E-state index in [-0.39, 0.29) is 0 Å². The smallest absolute Gasteiger partial charge is 0.228 e. The summed E-state index contributed by atoms with van der Waals surface area (Å²) in [4.78, 5) is 7.12. The zero-order valence-corrected chi connectivity index (χ0v) is 15.8. The van der Waals surface area contributed by atoms with Crippen molar-refractivity contribution in [2.24, 2.45) is 7.05 Å². The van der Waals surface area contributed by atoms with E-state index in [1.807, 2.05) is 42.8 Å². The summed E-state index contributed by atoms with van der Waals surface area (Å²) >= 11 is 6.27. The minimum absolute atomic E-state index is 0.482. The number of aryl methyl sites for hydroxylation is 2. The topological polar surface area (TPSA) is 60.0 Å². The van der Waals surface area contributed by atoms with Crippen LogP contribution in [0, 0.1) is 6.92 Å². The number of benzene rings is 1. The molecule has 3 heterocycles. The molecule has 0 amide bonds. The fraction of sp³-hybridized carbons (Fsp3) is 0.421. The Bertz CT molecular complexity index is 895. The van der Waals surface area contributed by atoms with Gasteiger partial charge in [-0.05, 0) is 45.0 Å². The van der Waals surface area contributed by atoms with Crippen LogP contribution in [0.25, 0.3) is 11.5 Å². The molecule has 1 fully saturated rings. The number of aromatic nitrogens is 4. The van der Waals surface area contributed by atoms with Crippen molar-refractivity contribution in [1.29, 1.82) is 0 Å². The second kappa shape index (κ2) is 7.21. The van der Waals surface area contributed by atoms with Gasteiger partial charge in [-0.1, -0.05) is 23.7 Å². The molecule has 0 spiro atoms. The van der Waals surface area contributed by atoms with Gasteiger partial charge in [0.25, 0.3) is 0 Å². The van der Waals surface area contributed by atoms with Crippen molar-refractivity contribution in [2.75, 3.05) is 13.1 Å². The predicted octanol–water partition coefficient (Wildman–Crippen LogP) is 3.81. The molecule has 3 aromatic rings. The molecule has 6 nitrogen and oxygen atoms in total. The van der Waals surface area contributed by atoms with Crippen molar-refractivity contribution in [3.63, 3.8) is 0 Å². The van der Waals surface area contributed by atoms with Gasteiger partial charge < -0.3 is 8.98 Å². The van der Waals surface area contributed by atoms with Crippen LogP contribution in [0.4, 0.5) is 0 Å². The lowest BCUT2D eigenvalue weighted by atomic mass is 9.96. The van der Waals surface area contributed by atoms with Crippen molar-refractivity contribution in [3.8, 4) is 11.5 Å². The first-order valence-electron chi connectivity index (χ1n) is 8.89. The molecule has 0 aliphatic carbocycles. The second-order valence-electron chi connectivity index (χ2n) is 6.85. The van der Waals surface area contributed by atoms with Crippen molar-refractivity contribution >= 4 is 11.6 Å². The monoisotopic (exact) mass is 371 g/mol. The summed E-state index contributed by atoms with van der Waals surface area (Å²) in [6.45, 7) is 4.80. The van der Waals surface area contributed by atoms with Gasteiger partial charge in [0.2, 0.25) is 5.89 Å². The van der Waals surface area contributed by atoms with E-state index in [4.69, 9.17) is 21.0 Å². The molecule has 0 N–H and O–H groups in total. The number of halogens is 1. The molecular formula is C19H22ClN5O. The molecule has 4 rings (SSSR count). The van der Waals surface area contributed by atoms with E-state index in [0.29, 0.717) is 16.8 Å². The highest BCUT2D eigenvalue weighted by molar-refractivity contribution is 6.33. The van der Waals surface area contributed by atoms with Crippen molar-refractivity contribution in [1.82, 2.24) is 24.6 Å². The van der Waals surface area contributed by atoms with E-state index in [2.05, 4.69) is 15.1 Å².